The molecule has 6 heteroatoms. The Morgan fingerprint density at radius 2 is 0.634 bits per heavy atom. The Balaban J connectivity index is 4.61. The third-order valence-corrected chi connectivity index (χ3v) is 11.4. The molecule has 0 amide bonds. The summed E-state index contributed by atoms with van der Waals surface area (Å²) >= 11 is 0. The molecule has 6 nitrogen and oxygen atoms in total. The lowest BCUT2D eigenvalue weighted by Crippen LogP contribution is -2.30. The number of hydrogen-bond acceptors (Lipinski definition) is 6. The molecule has 71 heavy (non-hydrogen) atoms. The predicted octanol–water partition coefficient (Wildman–Crippen LogP) is 19.2. The number of unbranched alkanes of at least 4 members (excludes halogenated alkanes) is 15. The summed E-state index contributed by atoms with van der Waals surface area (Å²) in [6.07, 6.45) is 83.0. The summed E-state index contributed by atoms with van der Waals surface area (Å²) in [6.45, 7) is 6.24. The van der Waals surface area contributed by atoms with Crippen molar-refractivity contribution in [1.82, 2.24) is 0 Å². The molecule has 1 unspecified atom stereocenters. The van der Waals surface area contributed by atoms with Crippen molar-refractivity contribution >= 4 is 17.9 Å². The van der Waals surface area contributed by atoms with E-state index in [1.54, 1.807) is 6.08 Å². The van der Waals surface area contributed by atoms with E-state index in [-0.39, 0.29) is 44.4 Å². The molecule has 0 aliphatic heterocycles. The van der Waals surface area contributed by atoms with Crippen molar-refractivity contribution in [3.05, 3.63) is 146 Å². The van der Waals surface area contributed by atoms with E-state index < -0.39 is 12.1 Å². The van der Waals surface area contributed by atoms with Gasteiger partial charge >= 0.3 is 17.9 Å². The fourth-order valence-electron chi connectivity index (χ4n) is 7.18. The summed E-state index contributed by atoms with van der Waals surface area (Å²) < 4.78 is 16.7. The summed E-state index contributed by atoms with van der Waals surface area (Å²) in [6, 6.07) is 0. The predicted molar refractivity (Wildman–Crippen MR) is 306 cm³/mol. The van der Waals surface area contributed by atoms with E-state index in [2.05, 4.69) is 142 Å². The van der Waals surface area contributed by atoms with E-state index in [9.17, 15) is 14.4 Å². The third-order valence-electron chi connectivity index (χ3n) is 11.4. The number of allylic oxidation sites excluding steroid dienone is 23. The van der Waals surface area contributed by atoms with Gasteiger partial charge in [-0.3, -0.25) is 14.4 Å². The molecule has 0 aliphatic carbocycles. The molecule has 0 saturated heterocycles. The second-order valence-corrected chi connectivity index (χ2v) is 18.1. The SMILES string of the molecule is CC/C=C\C/C=C\C/C=C\C/C=C\C/C=C\C/C=C\CCC(=O)OCC(COC(=O)C/C=C\C/C=C\C/C=C\C/C=C\C/C=C\CC)OC(=O)CCCCCCCCCCC/C=C\CCCCCCCC. The zero-order chi connectivity index (χ0) is 51.4. The van der Waals surface area contributed by atoms with Crippen LogP contribution in [0.3, 0.4) is 0 Å². The molecule has 0 fully saturated rings. The Labute approximate surface area is 436 Å². The molecule has 0 rings (SSSR count). The van der Waals surface area contributed by atoms with Crippen LogP contribution in [0.4, 0.5) is 0 Å². The maximum atomic E-state index is 12.9. The van der Waals surface area contributed by atoms with Crippen molar-refractivity contribution < 1.29 is 28.6 Å². The molecule has 0 aromatic carbocycles. The molecule has 0 heterocycles. The number of carbonyl (C=O) groups is 3. The van der Waals surface area contributed by atoms with Crippen LogP contribution in [-0.4, -0.2) is 37.2 Å². The lowest BCUT2D eigenvalue weighted by atomic mass is 10.1. The van der Waals surface area contributed by atoms with E-state index in [1.165, 1.54) is 89.9 Å². The van der Waals surface area contributed by atoms with Crippen molar-refractivity contribution in [2.24, 2.45) is 0 Å². The van der Waals surface area contributed by atoms with E-state index >= 15 is 0 Å². The number of esters is 3. The topological polar surface area (TPSA) is 78.9 Å². The molecule has 1 atom stereocenters. The standard InChI is InChI=1S/C65H102O6/c1-4-7-10-13-16-19-22-25-28-30-32-34-37-40-43-46-49-52-55-58-64(67)70-61-62(60-69-63(66)57-54-51-48-45-42-39-36-27-24-21-18-15-12-9-6-3)71-65(68)59-56-53-50-47-44-41-38-35-33-31-29-26-23-20-17-14-11-8-5-2/h7,9-10,12,16,18-19,21,25-29,32,34,36,40,42-43,45,49,51-52,54,62H,4-6,8,11,13-15,17,20,22-24,30-31,33,35,37-39,41,44,46-48,50,53,55-61H2,1-3H3/b10-7-,12-9-,19-16-,21-18-,28-25-,29-26-,34-32-,36-27-,43-40-,45-42-,52-49-,54-51-. The van der Waals surface area contributed by atoms with Crippen LogP contribution in [0.25, 0.3) is 0 Å². The lowest BCUT2D eigenvalue weighted by Gasteiger charge is -2.18. The highest BCUT2D eigenvalue weighted by atomic mass is 16.6. The van der Waals surface area contributed by atoms with E-state index in [1.807, 2.05) is 18.2 Å². The summed E-state index contributed by atoms with van der Waals surface area (Å²) in [5.74, 6) is -1.17. The highest BCUT2D eigenvalue weighted by Crippen LogP contribution is 2.14. The average Bonchev–Trinajstić information content (AvgIpc) is 3.37. The van der Waals surface area contributed by atoms with Gasteiger partial charge in [-0.15, -0.1) is 0 Å². The first-order valence-corrected chi connectivity index (χ1v) is 28.3. The Bertz CT molecular complexity index is 1590. The summed E-state index contributed by atoms with van der Waals surface area (Å²) in [5, 5.41) is 0. The van der Waals surface area contributed by atoms with Crippen LogP contribution in [0.2, 0.25) is 0 Å². The highest BCUT2D eigenvalue weighted by molar-refractivity contribution is 5.72. The Kier molecular flexibility index (Phi) is 54.0. The van der Waals surface area contributed by atoms with Gasteiger partial charge in [0.25, 0.3) is 0 Å². The van der Waals surface area contributed by atoms with Gasteiger partial charge in [0.2, 0.25) is 0 Å². The Morgan fingerprint density at radius 1 is 0.310 bits per heavy atom. The summed E-state index contributed by atoms with van der Waals surface area (Å²) in [4.78, 5) is 38.1. The quantitative estimate of drug-likeness (QED) is 0.0262. The van der Waals surface area contributed by atoms with Crippen molar-refractivity contribution in [2.75, 3.05) is 13.2 Å². The minimum Gasteiger partial charge on any atom is -0.462 e. The second-order valence-electron chi connectivity index (χ2n) is 18.1. The van der Waals surface area contributed by atoms with Crippen molar-refractivity contribution in [2.45, 2.75) is 232 Å². The highest BCUT2D eigenvalue weighted by Gasteiger charge is 2.19. The largest absolute Gasteiger partial charge is 0.462 e. The molecule has 0 aliphatic rings. The monoisotopic (exact) mass is 979 g/mol. The fourth-order valence-corrected chi connectivity index (χ4v) is 7.18. The molecule has 0 N–H and O–H groups in total. The van der Waals surface area contributed by atoms with Crippen LogP contribution in [0.5, 0.6) is 0 Å². The third kappa shape index (κ3) is 56.1. The van der Waals surface area contributed by atoms with Gasteiger partial charge in [-0.2, -0.15) is 0 Å². The first kappa shape index (κ1) is 66.3. The van der Waals surface area contributed by atoms with Crippen LogP contribution in [-0.2, 0) is 28.6 Å². The normalized spacial score (nSPS) is 13.2. The zero-order valence-corrected chi connectivity index (χ0v) is 45.4. The fraction of sp³-hybridized carbons (Fsp3) is 0.585. The zero-order valence-electron chi connectivity index (χ0n) is 45.4. The molecule has 0 spiro atoms. The second kappa shape index (κ2) is 57.9. The first-order chi connectivity index (χ1) is 35.0. The van der Waals surface area contributed by atoms with Gasteiger partial charge in [0, 0.05) is 12.8 Å². The van der Waals surface area contributed by atoms with Crippen molar-refractivity contribution in [3.8, 4) is 0 Å². The minimum absolute atomic E-state index is 0.108. The Morgan fingerprint density at radius 3 is 1.04 bits per heavy atom. The van der Waals surface area contributed by atoms with Crippen molar-refractivity contribution in [1.29, 1.82) is 0 Å². The van der Waals surface area contributed by atoms with Gasteiger partial charge in [-0.1, -0.05) is 244 Å². The number of ether oxygens (including phenoxy) is 3. The molecule has 0 radical (unpaired) electrons. The van der Waals surface area contributed by atoms with E-state index in [4.69, 9.17) is 14.2 Å². The molecule has 0 saturated carbocycles. The van der Waals surface area contributed by atoms with Gasteiger partial charge < -0.3 is 14.2 Å². The molecule has 0 bridgehead atoms. The maximum absolute atomic E-state index is 12.9. The maximum Gasteiger partial charge on any atom is 0.309 e. The molecular weight excluding hydrogens is 877 g/mol. The van der Waals surface area contributed by atoms with Crippen LogP contribution < -0.4 is 0 Å². The van der Waals surface area contributed by atoms with Gasteiger partial charge in [0.15, 0.2) is 6.10 Å². The molecule has 0 aromatic rings. The number of carbonyl (C=O) groups excluding carboxylic acids is 3. The number of rotatable bonds is 49. The van der Waals surface area contributed by atoms with Crippen LogP contribution >= 0.6 is 0 Å². The number of hydrogen-bond donors (Lipinski definition) is 0. The van der Waals surface area contributed by atoms with Crippen LogP contribution in [0, 0.1) is 0 Å². The van der Waals surface area contributed by atoms with Gasteiger partial charge in [0.05, 0.1) is 6.42 Å². The summed E-state index contributed by atoms with van der Waals surface area (Å²) in [7, 11) is 0. The molecule has 398 valence electrons. The van der Waals surface area contributed by atoms with Gasteiger partial charge in [-0.05, 0) is 109 Å². The van der Waals surface area contributed by atoms with E-state index in [0.29, 0.717) is 6.42 Å². The summed E-state index contributed by atoms with van der Waals surface area (Å²) in [5.41, 5.74) is 0. The minimum atomic E-state index is -0.856. The first-order valence-electron chi connectivity index (χ1n) is 28.3. The lowest BCUT2D eigenvalue weighted by molar-refractivity contribution is -0.166. The van der Waals surface area contributed by atoms with E-state index in [0.717, 1.165) is 89.9 Å². The van der Waals surface area contributed by atoms with Crippen molar-refractivity contribution in [3.63, 3.8) is 0 Å². The van der Waals surface area contributed by atoms with Gasteiger partial charge in [-0.25, -0.2) is 0 Å². The Hall–Kier alpha value is -4.71. The smallest absolute Gasteiger partial charge is 0.309 e. The molecule has 0 aromatic heterocycles. The van der Waals surface area contributed by atoms with Crippen LogP contribution in [0.1, 0.15) is 226 Å². The molecular formula is C65H102O6. The van der Waals surface area contributed by atoms with Crippen LogP contribution in [0.15, 0.2) is 146 Å². The average molecular weight is 980 g/mol. The van der Waals surface area contributed by atoms with Gasteiger partial charge in [0.1, 0.15) is 13.2 Å².